The summed E-state index contributed by atoms with van der Waals surface area (Å²) in [5, 5.41) is 0. The zero-order chi connectivity index (χ0) is 19.0. The van der Waals surface area contributed by atoms with Gasteiger partial charge in [-0.25, -0.2) is 19.2 Å². The maximum Gasteiger partial charge on any atom is 0.441 e. The second-order valence-corrected chi connectivity index (χ2v) is 6.38. The van der Waals surface area contributed by atoms with Crippen molar-refractivity contribution >= 4 is 24.1 Å². The molecule has 0 aliphatic rings. The average molecular weight is 346 g/mol. The first-order valence-corrected chi connectivity index (χ1v) is 6.86. The van der Waals surface area contributed by atoms with E-state index in [4.69, 9.17) is 9.47 Å². The fourth-order valence-corrected chi connectivity index (χ4v) is 0.986. The van der Waals surface area contributed by atoms with Crippen molar-refractivity contribution in [2.75, 3.05) is 0 Å². The number of hydroxylamine groups is 2. The smallest absolute Gasteiger partial charge is 0.441 e. The molecule has 0 radical (unpaired) electrons. The van der Waals surface area contributed by atoms with E-state index in [9.17, 15) is 19.2 Å². The SMILES string of the molecule is CC(C)(C)OC(=O)NOC(=O)/C=C\C(=O)ONC(=O)OC(C)(C)C. The van der Waals surface area contributed by atoms with Crippen molar-refractivity contribution in [3.8, 4) is 0 Å². The van der Waals surface area contributed by atoms with Crippen LogP contribution in [-0.4, -0.2) is 35.3 Å². The molecule has 0 unspecified atom stereocenters. The summed E-state index contributed by atoms with van der Waals surface area (Å²) >= 11 is 0. The van der Waals surface area contributed by atoms with Crippen LogP contribution in [0.15, 0.2) is 12.2 Å². The number of ether oxygens (including phenoxy) is 2. The van der Waals surface area contributed by atoms with Gasteiger partial charge in [0.15, 0.2) is 0 Å². The standard InChI is InChI=1S/C14H22N2O8/c1-13(2,3)21-11(19)15-23-9(17)7-8-10(18)24-16-12(20)22-14(4,5)6/h7-8H,1-6H3,(H,15,19)(H,16,20)/b8-7-. The fourth-order valence-electron chi connectivity index (χ4n) is 0.986. The third-order valence-corrected chi connectivity index (χ3v) is 1.62. The van der Waals surface area contributed by atoms with Gasteiger partial charge in [-0.2, -0.15) is 0 Å². The molecule has 24 heavy (non-hydrogen) atoms. The Hall–Kier alpha value is -2.78. The predicted molar refractivity (Wildman–Crippen MR) is 80.1 cm³/mol. The number of carbonyl (C=O) groups is 4. The summed E-state index contributed by atoms with van der Waals surface area (Å²) in [6, 6.07) is 0. The molecule has 0 atom stereocenters. The van der Waals surface area contributed by atoms with Crippen molar-refractivity contribution in [2.24, 2.45) is 0 Å². The molecule has 0 rings (SSSR count). The number of hydrogen-bond acceptors (Lipinski definition) is 8. The van der Waals surface area contributed by atoms with E-state index >= 15 is 0 Å². The van der Waals surface area contributed by atoms with Crippen molar-refractivity contribution in [3.05, 3.63) is 12.2 Å². The van der Waals surface area contributed by atoms with Gasteiger partial charge in [-0.1, -0.05) is 0 Å². The number of rotatable bonds is 2. The first-order valence-electron chi connectivity index (χ1n) is 6.86. The molecule has 136 valence electrons. The van der Waals surface area contributed by atoms with Crippen LogP contribution in [0.4, 0.5) is 9.59 Å². The molecule has 0 spiro atoms. The summed E-state index contributed by atoms with van der Waals surface area (Å²) in [7, 11) is 0. The molecule has 10 heteroatoms. The van der Waals surface area contributed by atoms with Crippen molar-refractivity contribution in [1.29, 1.82) is 0 Å². The quantitative estimate of drug-likeness (QED) is 0.437. The van der Waals surface area contributed by atoms with E-state index in [2.05, 4.69) is 9.68 Å². The van der Waals surface area contributed by atoms with Crippen LogP contribution in [-0.2, 0) is 28.7 Å². The number of hydrogen-bond donors (Lipinski definition) is 2. The lowest BCUT2D eigenvalue weighted by Gasteiger charge is -2.19. The first-order chi connectivity index (χ1) is 10.8. The van der Waals surface area contributed by atoms with E-state index in [0.29, 0.717) is 12.2 Å². The van der Waals surface area contributed by atoms with Crippen LogP contribution in [0.3, 0.4) is 0 Å². The summed E-state index contributed by atoms with van der Waals surface area (Å²) < 4.78 is 9.63. The molecular weight excluding hydrogens is 324 g/mol. The Labute approximate surface area is 139 Å². The molecule has 2 N–H and O–H groups in total. The summed E-state index contributed by atoms with van der Waals surface area (Å²) in [6.07, 6.45) is -0.593. The van der Waals surface area contributed by atoms with Crippen LogP contribution >= 0.6 is 0 Å². The van der Waals surface area contributed by atoms with Crippen molar-refractivity contribution < 1.29 is 38.3 Å². The highest BCUT2D eigenvalue weighted by Crippen LogP contribution is 2.07. The van der Waals surface area contributed by atoms with Gasteiger partial charge < -0.3 is 19.1 Å². The average Bonchev–Trinajstić information content (AvgIpc) is 2.36. The van der Waals surface area contributed by atoms with Crippen LogP contribution in [0.1, 0.15) is 41.5 Å². The van der Waals surface area contributed by atoms with Crippen molar-refractivity contribution in [2.45, 2.75) is 52.7 Å². The number of amides is 2. The Morgan fingerprint density at radius 3 is 1.21 bits per heavy atom. The van der Waals surface area contributed by atoms with Gasteiger partial charge in [0.25, 0.3) is 0 Å². The van der Waals surface area contributed by atoms with E-state index in [0.717, 1.165) is 0 Å². The maximum absolute atomic E-state index is 11.2. The molecule has 0 aromatic carbocycles. The molecule has 0 aromatic heterocycles. The Bertz CT molecular complexity index is 468. The Balaban J connectivity index is 4.11. The summed E-state index contributed by atoms with van der Waals surface area (Å²) in [5.74, 6) is -2.12. The molecule has 0 aliphatic heterocycles. The van der Waals surface area contributed by atoms with E-state index in [1.165, 1.54) is 0 Å². The molecule has 0 heterocycles. The molecule has 0 bridgehead atoms. The van der Waals surface area contributed by atoms with Crippen LogP contribution in [0.2, 0.25) is 0 Å². The molecule has 10 nitrogen and oxygen atoms in total. The van der Waals surface area contributed by atoms with Gasteiger partial charge in [0.2, 0.25) is 0 Å². The Morgan fingerprint density at radius 2 is 0.958 bits per heavy atom. The van der Waals surface area contributed by atoms with E-state index in [-0.39, 0.29) is 0 Å². The highest BCUT2D eigenvalue weighted by atomic mass is 16.7. The summed E-state index contributed by atoms with van der Waals surface area (Å²) in [6.45, 7) is 9.76. The van der Waals surface area contributed by atoms with Crippen LogP contribution in [0.25, 0.3) is 0 Å². The van der Waals surface area contributed by atoms with Crippen LogP contribution in [0, 0.1) is 0 Å². The van der Waals surface area contributed by atoms with Gasteiger partial charge >= 0.3 is 24.1 Å². The zero-order valence-electron chi connectivity index (χ0n) is 14.4. The number of carbonyl (C=O) groups excluding carboxylic acids is 4. The third kappa shape index (κ3) is 12.9. The van der Waals surface area contributed by atoms with E-state index < -0.39 is 35.3 Å². The Kier molecular flexibility index (Phi) is 7.74. The zero-order valence-corrected chi connectivity index (χ0v) is 14.4. The van der Waals surface area contributed by atoms with Gasteiger partial charge in [-0.05, 0) is 41.5 Å². The Morgan fingerprint density at radius 1 is 0.667 bits per heavy atom. The molecular formula is C14H22N2O8. The van der Waals surface area contributed by atoms with Gasteiger partial charge in [-0.15, -0.1) is 11.0 Å². The molecule has 2 amide bonds. The molecule has 0 aromatic rings. The monoisotopic (exact) mass is 346 g/mol. The second-order valence-electron chi connectivity index (χ2n) is 6.38. The lowest BCUT2D eigenvalue weighted by atomic mass is 10.2. The largest absolute Gasteiger partial charge is 0.442 e. The van der Waals surface area contributed by atoms with E-state index in [1.54, 1.807) is 52.5 Å². The lowest BCUT2D eigenvalue weighted by molar-refractivity contribution is -0.147. The molecule has 0 saturated heterocycles. The summed E-state index contributed by atoms with van der Waals surface area (Å²) in [5.41, 5.74) is 1.95. The molecule has 0 fully saturated rings. The third-order valence-electron chi connectivity index (χ3n) is 1.62. The van der Waals surface area contributed by atoms with E-state index in [1.807, 2.05) is 0 Å². The van der Waals surface area contributed by atoms with Gasteiger partial charge in [-0.3, -0.25) is 0 Å². The topological polar surface area (TPSA) is 129 Å². The number of nitrogens with one attached hydrogen (secondary N) is 2. The minimum absolute atomic E-state index is 0.677. The fraction of sp³-hybridized carbons (Fsp3) is 0.571. The normalized spacial score (nSPS) is 11.4. The van der Waals surface area contributed by atoms with Gasteiger partial charge in [0.1, 0.15) is 11.2 Å². The summed E-state index contributed by atoms with van der Waals surface area (Å²) in [4.78, 5) is 53.5. The van der Waals surface area contributed by atoms with Gasteiger partial charge in [0.05, 0.1) is 0 Å². The maximum atomic E-state index is 11.2. The second kappa shape index (κ2) is 8.75. The molecule has 0 aliphatic carbocycles. The van der Waals surface area contributed by atoms with Crippen molar-refractivity contribution in [1.82, 2.24) is 11.0 Å². The van der Waals surface area contributed by atoms with Gasteiger partial charge in [0, 0.05) is 12.2 Å². The van der Waals surface area contributed by atoms with Crippen LogP contribution in [0.5, 0.6) is 0 Å². The highest BCUT2D eigenvalue weighted by Gasteiger charge is 2.18. The van der Waals surface area contributed by atoms with Crippen LogP contribution < -0.4 is 11.0 Å². The molecule has 0 saturated carbocycles. The highest BCUT2D eigenvalue weighted by molar-refractivity contribution is 5.92. The minimum atomic E-state index is -1.06. The first kappa shape index (κ1) is 21.2. The minimum Gasteiger partial charge on any atom is -0.442 e. The lowest BCUT2D eigenvalue weighted by Crippen LogP contribution is -2.34. The van der Waals surface area contributed by atoms with Crippen molar-refractivity contribution in [3.63, 3.8) is 0 Å². The predicted octanol–water partition coefficient (Wildman–Crippen LogP) is 1.51.